The van der Waals surface area contributed by atoms with Gasteiger partial charge < -0.3 is 10.2 Å². The zero-order valence-electron chi connectivity index (χ0n) is 23.2. The van der Waals surface area contributed by atoms with E-state index in [1.807, 2.05) is 99.6 Å². The highest BCUT2D eigenvalue weighted by atomic mass is 16.2. The fourth-order valence-electron chi connectivity index (χ4n) is 7.22. The van der Waals surface area contributed by atoms with Crippen LogP contribution in [0.5, 0.6) is 0 Å². The second-order valence-corrected chi connectivity index (χ2v) is 11.5. The standard InChI is InChI=1S/C36H30N2O3/c1-21-13-16-25(17-14-21)34(40)32-31(33(39)24-9-5-4-6-10-24)36(27-11-7-8-12-28(27)37-35(36)41)30-20-23(3)26-19-22(2)15-18-29(26)38(30)32/h4-20,30-32H,1-3H3,(H,37,41)/t30-,31+,32-,36+/m0/s1. The molecule has 3 aliphatic heterocycles. The number of ketones is 2. The monoisotopic (exact) mass is 538 g/mol. The van der Waals surface area contributed by atoms with Crippen LogP contribution in [0.25, 0.3) is 5.57 Å². The lowest BCUT2D eigenvalue weighted by Crippen LogP contribution is -2.51. The van der Waals surface area contributed by atoms with E-state index in [4.69, 9.17) is 0 Å². The van der Waals surface area contributed by atoms with Crippen LogP contribution in [0.15, 0.2) is 103 Å². The van der Waals surface area contributed by atoms with Gasteiger partial charge in [-0.05, 0) is 50.1 Å². The molecule has 0 unspecified atom stereocenters. The molecule has 1 saturated heterocycles. The van der Waals surface area contributed by atoms with Crippen LogP contribution in [0, 0.1) is 19.8 Å². The maximum Gasteiger partial charge on any atom is 0.238 e. The predicted octanol–water partition coefficient (Wildman–Crippen LogP) is 6.55. The summed E-state index contributed by atoms with van der Waals surface area (Å²) in [6, 6.07) is 28.9. The number of hydrogen-bond acceptors (Lipinski definition) is 4. The third-order valence-corrected chi connectivity index (χ3v) is 9.08. The Balaban J connectivity index is 1.56. The SMILES string of the molecule is CC1=C[C@@H]2N(c3ccc(C)cc31)[C@H](C(=O)c1ccc(C)cc1)[C@H](C(=O)c1ccccc1)[C@]21C(=O)Nc2ccccc21. The molecule has 5 heteroatoms. The van der Waals surface area contributed by atoms with Gasteiger partial charge in [-0.1, -0.05) is 96.1 Å². The molecule has 41 heavy (non-hydrogen) atoms. The van der Waals surface area contributed by atoms with E-state index in [2.05, 4.69) is 22.4 Å². The van der Waals surface area contributed by atoms with Crippen molar-refractivity contribution in [2.24, 2.45) is 5.92 Å². The van der Waals surface area contributed by atoms with Crippen LogP contribution in [0.1, 0.15) is 49.9 Å². The quantitative estimate of drug-likeness (QED) is 0.299. The molecule has 4 atom stereocenters. The summed E-state index contributed by atoms with van der Waals surface area (Å²) in [5, 5.41) is 3.10. The van der Waals surface area contributed by atoms with E-state index in [-0.39, 0.29) is 17.5 Å². The second-order valence-electron chi connectivity index (χ2n) is 11.5. The molecule has 3 aliphatic rings. The van der Waals surface area contributed by atoms with Crippen LogP contribution >= 0.6 is 0 Å². The van der Waals surface area contributed by atoms with Gasteiger partial charge in [-0.2, -0.15) is 0 Å². The highest BCUT2D eigenvalue weighted by Gasteiger charge is 2.70. The van der Waals surface area contributed by atoms with Crippen LogP contribution in [0.3, 0.4) is 0 Å². The lowest BCUT2D eigenvalue weighted by Gasteiger charge is -2.39. The summed E-state index contributed by atoms with van der Waals surface area (Å²) < 4.78 is 0. The smallest absolute Gasteiger partial charge is 0.238 e. The lowest BCUT2D eigenvalue weighted by atomic mass is 9.64. The van der Waals surface area contributed by atoms with E-state index in [9.17, 15) is 14.4 Å². The zero-order chi connectivity index (χ0) is 28.5. The molecule has 1 fully saturated rings. The first-order valence-electron chi connectivity index (χ1n) is 14.0. The Morgan fingerprint density at radius 2 is 1.41 bits per heavy atom. The minimum atomic E-state index is -1.31. The van der Waals surface area contributed by atoms with E-state index in [1.54, 1.807) is 12.1 Å². The number of hydrogen-bond donors (Lipinski definition) is 1. The number of fused-ring (bicyclic) bond motifs is 6. The number of nitrogens with zero attached hydrogens (tertiary/aromatic N) is 1. The molecule has 4 aromatic carbocycles. The fraction of sp³-hybridized carbons (Fsp3) is 0.194. The maximum atomic E-state index is 14.8. The van der Waals surface area contributed by atoms with Gasteiger partial charge >= 0.3 is 0 Å². The second kappa shape index (κ2) is 9.13. The van der Waals surface area contributed by atoms with Gasteiger partial charge in [0, 0.05) is 28.1 Å². The van der Waals surface area contributed by atoms with Crippen molar-refractivity contribution in [2.75, 3.05) is 10.2 Å². The van der Waals surface area contributed by atoms with E-state index < -0.39 is 23.4 Å². The van der Waals surface area contributed by atoms with Crippen LogP contribution in [0.2, 0.25) is 0 Å². The summed E-state index contributed by atoms with van der Waals surface area (Å²) >= 11 is 0. The molecule has 1 amide bonds. The van der Waals surface area contributed by atoms with Crippen LogP contribution in [-0.2, 0) is 10.2 Å². The highest BCUT2D eigenvalue weighted by molar-refractivity contribution is 6.18. The topological polar surface area (TPSA) is 66.5 Å². The fourth-order valence-corrected chi connectivity index (χ4v) is 7.22. The molecule has 7 rings (SSSR count). The number of amides is 1. The molecule has 0 aliphatic carbocycles. The third-order valence-electron chi connectivity index (χ3n) is 9.08. The lowest BCUT2D eigenvalue weighted by molar-refractivity contribution is -0.121. The van der Waals surface area contributed by atoms with E-state index in [1.165, 1.54) is 0 Å². The molecule has 4 aromatic rings. The van der Waals surface area contributed by atoms with Gasteiger partial charge in [-0.25, -0.2) is 0 Å². The van der Waals surface area contributed by atoms with Crippen molar-refractivity contribution in [1.82, 2.24) is 0 Å². The van der Waals surface area contributed by atoms with Crippen LogP contribution in [-0.4, -0.2) is 29.6 Å². The predicted molar refractivity (Wildman–Crippen MR) is 161 cm³/mol. The number of nitrogens with one attached hydrogen (secondary N) is 1. The molecule has 3 heterocycles. The van der Waals surface area contributed by atoms with Gasteiger partial charge in [0.25, 0.3) is 0 Å². The molecule has 5 nitrogen and oxygen atoms in total. The minimum Gasteiger partial charge on any atom is -0.352 e. The number of allylic oxidation sites excluding steroid dienone is 1. The zero-order valence-corrected chi connectivity index (χ0v) is 23.2. The summed E-state index contributed by atoms with van der Waals surface area (Å²) in [6.45, 7) is 6.07. The number of para-hydroxylation sites is 1. The van der Waals surface area contributed by atoms with Gasteiger partial charge in [0.2, 0.25) is 5.91 Å². The van der Waals surface area contributed by atoms with Gasteiger partial charge in [0.05, 0.1) is 12.0 Å². The summed E-state index contributed by atoms with van der Waals surface area (Å²) in [4.78, 5) is 46.0. The minimum absolute atomic E-state index is 0.169. The Kier molecular flexibility index (Phi) is 5.62. The summed E-state index contributed by atoms with van der Waals surface area (Å²) in [6.07, 6.45) is 2.09. The highest BCUT2D eigenvalue weighted by Crippen LogP contribution is 2.58. The molecule has 1 spiro atoms. The first kappa shape index (κ1) is 25.2. The van der Waals surface area contributed by atoms with Crippen molar-refractivity contribution in [3.05, 3.63) is 137 Å². The summed E-state index contributed by atoms with van der Waals surface area (Å²) in [5.74, 6) is -1.60. The number of anilines is 2. The number of Topliss-reactive ketones (excluding diaryl/α,β-unsaturated/α-hetero) is 2. The average Bonchev–Trinajstić information content (AvgIpc) is 3.45. The molecule has 0 bridgehead atoms. The normalized spacial score (nSPS) is 23.9. The number of rotatable bonds is 4. The summed E-state index contributed by atoms with van der Waals surface area (Å²) in [5.41, 5.74) is 6.19. The average molecular weight is 539 g/mol. The number of carbonyl (C=O) groups excluding carboxylic acids is 3. The third kappa shape index (κ3) is 3.51. The van der Waals surface area contributed by atoms with E-state index in [0.29, 0.717) is 16.8 Å². The van der Waals surface area contributed by atoms with Crippen LogP contribution < -0.4 is 10.2 Å². The van der Waals surface area contributed by atoms with Gasteiger partial charge in [-0.3, -0.25) is 14.4 Å². The van der Waals surface area contributed by atoms with Gasteiger partial charge in [0.1, 0.15) is 11.5 Å². The van der Waals surface area contributed by atoms with Gasteiger partial charge in [-0.15, -0.1) is 0 Å². The van der Waals surface area contributed by atoms with Crippen molar-refractivity contribution < 1.29 is 14.4 Å². The molecular formula is C36H30N2O3. The van der Waals surface area contributed by atoms with E-state index >= 15 is 0 Å². The molecule has 1 N–H and O–H groups in total. The molecule has 0 aromatic heterocycles. The Hall–Kier alpha value is -4.77. The molecule has 0 radical (unpaired) electrons. The number of aryl methyl sites for hydroxylation is 2. The van der Waals surface area contributed by atoms with E-state index in [0.717, 1.165) is 33.5 Å². The number of carbonyl (C=O) groups is 3. The first-order valence-corrected chi connectivity index (χ1v) is 14.0. The maximum absolute atomic E-state index is 14.8. The first-order chi connectivity index (χ1) is 19.8. The Morgan fingerprint density at radius 3 is 2.17 bits per heavy atom. The van der Waals surface area contributed by atoms with Crippen molar-refractivity contribution in [2.45, 2.75) is 38.3 Å². The largest absolute Gasteiger partial charge is 0.352 e. The van der Waals surface area contributed by atoms with Crippen molar-refractivity contribution in [3.63, 3.8) is 0 Å². The van der Waals surface area contributed by atoms with Crippen LogP contribution in [0.4, 0.5) is 11.4 Å². The van der Waals surface area contributed by atoms with Crippen molar-refractivity contribution in [1.29, 1.82) is 0 Å². The van der Waals surface area contributed by atoms with Gasteiger partial charge in [0.15, 0.2) is 11.6 Å². The molecule has 202 valence electrons. The Morgan fingerprint density at radius 1 is 0.756 bits per heavy atom. The number of benzene rings is 4. The summed E-state index contributed by atoms with van der Waals surface area (Å²) in [7, 11) is 0. The molecule has 0 saturated carbocycles. The van der Waals surface area contributed by atoms with Crippen molar-refractivity contribution in [3.8, 4) is 0 Å². The van der Waals surface area contributed by atoms with Crippen molar-refractivity contribution >= 4 is 34.4 Å². The molecular weight excluding hydrogens is 508 g/mol. The Labute approximate surface area is 239 Å². The Bertz CT molecular complexity index is 1770.